The number of hydrogen-bond donors (Lipinski definition) is 0. The number of hydrogen-bond acceptors (Lipinski definition) is 0. The van der Waals surface area contributed by atoms with Crippen molar-refractivity contribution in [3.8, 4) is 0 Å². The fourth-order valence-corrected chi connectivity index (χ4v) is 9.61. The lowest BCUT2D eigenvalue weighted by atomic mass is 10.1. The predicted molar refractivity (Wildman–Crippen MR) is 111 cm³/mol. The summed E-state index contributed by atoms with van der Waals surface area (Å²) in [5.41, 5.74) is 9.69. The van der Waals surface area contributed by atoms with Gasteiger partial charge in [0.1, 0.15) is 17.9 Å². The Bertz CT molecular complexity index is 764. The summed E-state index contributed by atoms with van der Waals surface area (Å²) in [6.07, 6.45) is 3.35. The Morgan fingerprint density at radius 2 is 1.08 bits per heavy atom. The molecule has 0 bridgehead atoms. The zero-order valence-corrected chi connectivity index (χ0v) is 16.7. The van der Waals surface area contributed by atoms with Gasteiger partial charge in [-0.3, -0.25) is 0 Å². The normalized spacial score (nSPS) is 16.0. The number of aryl methyl sites for hydroxylation is 6. The van der Waals surface area contributed by atoms with Crippen LogP contribution in [0.5, 0.6) is 0 Å². The molecule has 3 rings (SSSR count). The summed E-state index contributed by atoms with van der Waals surface area (Å²) >= 11 is 0. The van der Waals surface area contributed by atoms with Crippen LogP contribution in [0.4, 0.5) is 0 Å². The summed E-state index contributed by atoms with van der Waals surface area (Å²) in [5, 5.41) is 3.14. The fourth-order valence-electron chi connectivity index (χ4n) is 4.68. The second kappa shape index (κ2) is 6.01. The summed E-state index contributed by atoms with van der Waals surface area (Å²) < 4.78 is 0. The van der Waals surface area contributed by atoms with Crippen molar-refractivity contribution < 1.29 is 0 Å². The first-order valence-corrected chi connectivity index (χ1v) is 10.7. The van der Waals surface area contributed by atoms with Gasteiger partial charge in [-0.05, 0) is 75.4 Å². The summed E-state index contributed by atoms with van der Waals surface area (Å²) in [6.45, 7) is 17.8. The average Bonchev–Trinajstić information content (AvgIpc) is 2.78. The van der Waals surface area contributed by atoms with Crippen LogP contribution in [0.25, 0.3) is 0 Å². The Morgan fingerprint density at radius 3 is 1.38 bits per heavy atom. The quantitative estimate of drug-likeness (QED) is 0.628. The Balaban J connectivity index is 2.38. The number of allylic oxidation sites excluding steroid dienone is 2. The van der Waals surface area contributed by atoms with E-state index in [1.807, 2.05) is 0 Å². The average molecular weight is 335 g/mol. The lowest BCUT2D eigenvalue weighted by Gasteiger charge is -2.27. The van der Waals surface area contributed by atoms with Crippen molar-refractivity contribution in [1.29, 1.82) is 0 Å². The third kappa shape index (κ3) is 2.68. The highest BCUT2D eigenvalue weighted by molar-refractivity contribution is 7.92. The van der Waals surface area contributed by atoms with E-state index in [1.165, 1.54) is 39.0 Å². The molecule has 0 radical (unpaired) electrons. The molecule has 0 nitrogen and oxygen atoms in total. The maximum Gasteiger partial charge on any atom is 0.110 e. The van der Waals surface area contributed by atoms with E-state index in [0.29, 0.717) is 0 Å². The van der Waals surface area contributed by atoms with Crippen LogP contribution >= 0.6 is 7.26 Å². The molecule has 24 heavy (non-hydrogen) atoms. The number of benzene rings is 2. The van der Waals surface area contributed by atoms with Crippen molar-refractivity contribution in [1.82, 2.24) is 0 Å². The third-order valence-corrected chi connectivity index (χ3v) is 9.66. The van der Waals surface area contributed by atoms with Crippen molar-refractivity contribution >= 4 is 17.9 Å². The zero-order chi connectivity index (χ0) is 17.6. The van der Waals surface area contributed by atoms with Crippen LogP contribution in [-0.4, -0.2) is 6.16 Å². The summed E-state index contributed by atoms with van der Waals surface area (Å²) in [5.74, 6) is 2.50. The first-order valence-electron chi connectivity index (χ1n) is 8.66. The molecule has 1 heterocycles. The maximum atomic E-state index is 4.30. The topological polar surface area (TPSA) is 0 Å². The first kappa shape index (κ1) is 17.2. The van der Waals surface area contributed by atoms with Crippen molar-refractivity contribution in [2.24, 2.45) is 0 Å². The predicted octanol–water partition coefficient (Wildman–Crippen LogP) is 5.59. The molecule has 0 fully saturated rings. The molecule has 0 unspecified atom stereocenters. The fraction of sp³-hybridized carbons (Fsp3) is 0.304. The largest absolute Gasteiger partial charge is 0.110 e. The van der Waals surface area contributed by atoms with Crippen LogP contribution < -0.4 is 10.6 Å². The van der Waals surface area contributed by atoms with E-state index < -0.39 is 7.26 Å². The lowest BCUT2D eigenvalue weighted by Crippen LogP contribution is -2.29. The molecule has 0 aromatic heterocycles. The molecule has 0 N–H and O–H groups in total. The van der Waals surface area contributed by atoms with E-state index in [2.05, 4.69) is 84.3 Å². The Morgan fingerprint density at radius 1 is 0.708 bits per heavy atom. The minimum absolute atomic E-state index is 1.09. The lowest BCUT2D eigenvalue weighted by molar-refractivity contribution is 1.34. The molecule has 2 aromatic rings. The Kier molecular flexibility index (Phi) is 4.30. The summed E-state index contributed by atoms with van der Waals surface area (Å²) in [7, 11) is -1.58. The van der Waals surface area contributed by atoms with Crippen LogP contribution in [0.15, 0.2) is 48.3 Å². The molecule has 0 spiro atoms. The standard InChI is InChI=1S/C23H28P/c1-15-8-9-24(14-15,22-18(4)10-16(2)11-19(22)5)23-20(6)12-17(3)13-21(23)7/h8-13H,1,14H2,2-7H3/q+1. The van der Waals surface area contributed by atoms with Crippen molar-refractivity contribution in [3.63, 3.8) is 0 Å². The van der Waals surface area contributed by atoms with Crippen LogP contribution in [0.1, 0.15) is 33.4 Å². The second-order valence-corrected chi connectivity index (χ2v) is 10.7. The van der Waals surface area contributed by atoms with E-state index in [4.69, 9.17) is 0 Å². The SMILES string of the molecule is C=C1C=C[P+](c2c(C)cc(C)cc2C)(c2c(C)cc(C)cc2C)C1. The van der Waals surface area contributed by atoms with Crippen LogP contribution in [0, 0.1) is 41.5 Å². The van der Waals surface area contributed by atoms with E-state index in [9.17, 15) is 0 Å². The van der Waals surface area contributed by atoms with Crippen molar-refractivity contribution in [2.45, 2.75) is 41.5 Å². The van der Waals surface area contributed by atoms with Gasteiger partial charge in [0.2, 0.25) is 0 Å². The van der Waals surface area contributed by atoms with Gasteiger partial charge in [-0.15, -0.1) is 0 Å². The van der Waals surface area contributed by atoms with Gasteiger partial charge in [-0.1, -0.05) is 42.0 Å². The minimum Gasteiger partial charge on any atom is -0.0920 e. The zero-order valence-electron chi connectivity index (χ0n) is 15.8. The highest BCUT2D eigenvalue weighted by Gasteiger charge is 2.48. The molecule has 0 aliphatic carbocycles. The molecule has 0 saturated heterocycles. The van der Waals surface area contributed by atoms with Crippen molar-refractivity contribution in [2.75, 3.05) is 6.16 Å². The molecule has 2 aromatic carbocycles. The second-order valence-electron chi connectivity index (χ2n) is 7.50. The first-order chi connectivity index (χ1) is 11.2. The van der Waals surface area contributed by atoms with E-state index in [-0.39, 0.29) is 0 Å². The highest BCUT2D eigenvalue weighted by atomic mass is 31.2. The van der Waals surface area contributed by atoms with Gasteiger partial charge in [0.15, 0.2) is 0 Å². The summed E-state index contributed by atoms with van der Waals surface area (Å²) in [4.78, 5) is 0. The van der Waals surface area contributed by atoms with E-state index in [1.54, 1.807) is 10.6 Å². The van der Waals surface area contributed by atoms with Gasteiger partial charge in [0.25, 0.3) is 0 Å². The van der Waals surface area contributed by atoms with Gasteiger partial charge in [0, 0.05) is 0 Å². The van der Waals surface area contributed by atoms with Gasteiger partial charge in [0.05, 0.1) is 12.0 Å². The molecular weight excluding hydrogens is 307 g/mol. The summed E-state index contributed by atoms with van der Waals surface area (Å²) in [6, 6.07) is 9.38. The smallest absolute Gasteiger partial charge is 0.0920 e. The molecule has 1 aliphatic rings. The van der Waals surface area contributed by atoms with E-state index in [0.717, 1.165) is 6.16 Å². The molecule has 0 atom stereocenters. The van der Waals surface area contributed by atoms with Gasteiger partial charge >= 0.3 is 0 Å². The highest BCUT2D eigenvalue weighted by Crippen LogP contribution is 2.64. The van der Waals surface area contributed by atoms with Gasteiger partial charge in [-0.25, -0.2) is 0 Å². The van der Waals surface area contributed by atoms with Crippen LogP contribution in [0.3, 0.4) is 0 Å². The van der Waals surface area contributed by atoms with Gasteiger partial charge in [-0.2, -0.15) is 0 Å². The molecular formula is C23H28P+. The van der Waals surface area contributed by atoms with Crippen LogP contribution in [-0.2, 0) is 0 Å². The van der Waals surface area contributed by atoms with Crippen LogP contribution in [0.2, 0.25) is 0 Å². The minimum atomic E-state index is -1.58. The maximum absolute atomic E-state index is 4.30. The molecule has 0 amide bonds. The third-order valence-electron chi connectivity index (χ3n) is 5.09. The van der Waals surface area contributed by atoms with Gasteiger partial charge < -0.3 is 0 Å². The van der Waals surface area contributed by atoms with Crippen molar-refractivity contribution in [3.05, 3.63) is 81.7 Å². The molecule has 1 aliphatic heterocycles. The molecule has 1 heteroatoms. The Labute approximate surface area is 147 Å². The van der Waals surface area contributed by atoms with E-state index >= 15 is 0 Å². The number of rotatable bonds is 2. The monoisotopic (exact) mass is 335 g/mol. The molecule has 0 saturated carbocycles. The Hall–Kier alpha value is -1.65. The molecule has 124 valence electrons.